The Balaban J connectivity index is 0.000000148. The fourth-order valence-corrected chi connectivity index (χ4v) is 4.42. The number of fused-ring (bicyclic) bond motifs is 2. The van der Waals surface area contributed by atoms with Crippen LogP contribution in [0.3, 0.4) is 0 Å². The summed E-state index contributed by atoms with van der Waals surface area (Å²) in [4.78, 5) is 46.8. The van der Waals surface area contributed by atoms with Crippen LogP contribution in [-0.2, 0) is 25.6 Å². The number of ketones is 2. The number of hydrogen-bond acceptors (Lipinski definition) is 6. The first-order chi connectivity index (χ1) is 19.0. The number of aromatic amines is 1. The maximum absolute atomic E-state index is 13.6. The second-order valence-corrected chi connectivity index (χ2v) is 9.64. The first-order valence-corrected chi connectivity index (χ1v) is 12.7. The minimum Gasteiger partial charge on any atom is -0.422 e. The number of carbonyl (C=O) groups is 4. The third-order valence-electron chi connectivity index (χ3n) is 6.04. The fourth-order valence-electron chi connectivity index (χ4n) is 4.08. The van der Waals surface area contributed by atoms with Gasteiger partial charge in [-0.05, 0) is 63.8 Å². The summed E-state index contributed by atoms with van der Waals surface area (Å²) in [5.74, 6) is -1.39. The van der Waals surface area contributed by atoms with Crippen LogP contribution < -0.4 is 16.2 Å². The molecule has 0 unspecified atom stereocenters. The molecule has 3 heterocycles. The lowest BCUT2D eigenvalue weighted by Crippen LogP contribution is -2.34. The Morgan fingerprint density at radius 3 is 2.10 bits per heavy atom. The average molecular weight is 612 g/mol. The van der Waals surface area contributed by atoms with Gasteiger partial charge in [0.05, 0.1) is 17.6 Å². The molecule has 1 aliphatic carbocycles. The quantitative estimate of drug-likeness (QED) is 0.276. The van der Waals surface area contributed by atoms with Crippen molar-refractivity contribution in [1.82, 2.24) is 15.6 Å². The molecule has 1 aromatic heterocycles. The van der Waals surface area contributed by atoms with Gasteiger partial charge in [-0.3, -0.25) is 19.2 Å². The van der Waals surface area contributed by atoms with E-state index in [1.54, 1.807) is 24.3 Å². The first kappa shape index (κ1) is 28.8. The van der Waals surface area contributed by atoms with Gasteiger partial charge in [0.1, 0.15) is 11.6 Å². The Bertz CT molecular complexity index is 1630. The number of hydrogen-bond donors (Lipinski definition) is 5. The van der Waals surface area contributed by atoms with E-state index in [9.17, 15) is 28.0 Å². The smallest absolute Gasteiger partial charge is 0.422 e. The van der Waals surface area contributed by atoms with Crippen molar-refractivity contribution in [2.24, 2.45) is 0 Å². The Morgan fingerprint density at radius 1 is 0.825 bits per heavy atom. The summed E-state index contributed by atoms with van der Waals surface area (Å²) in [5, 5.41) is 22.8. The first-order valence-electron chi connectivity index (χ1n) is 11.9. The van der Waals surface area contributed by atoms with Gasteiger partial charge in [-0.1, -0.05) is 18.2 Å². The zero-order chi connectivity index (χ0) is 29.0. The second kappa shape index (κ2) is 12.3. The predicted octanol–water partition coefficient (Wildman–Crippen LogP) is 1.34. The van der Waals surface area contributed by atoms with Gasteiger partial charge in [0.2, 0.25) is 11.8 Å². The molecule has 2 aromatic carbocycles. The van der Waals surface area contributed by atoms with E-state index in [2.05, 4.69) is 31.5 Å². The summed E-state index contributed by atoms with van der Waals surface area (Å²) < 4.78 is 27.0. The highest BCUT2D eigenvalue weighted by Gasteiger charge is 2.25. The molecule has 13 heteroatoms. The lowest BCUT2D eigenvalue weighted by Gasteiger charge is -2.13. The largest absolute Gasteiger partial charge is 0.505 e. The highest BCUT2D eigenvalue weighted by molar-refractivity contribution is 9.12. The topological polar surface area (TPSA) is 149 Å². The van der Waals surface area contributed by atoms with Gasteiger partial charge < -0.3 is 25.7 Å². The Morgan fingerprint density at radius 2 is 1.48 bits per heavy atom. The number of rotatable bonds is 2. The molecule has 0 radical (unpaired) electrons. The number of halogens is 3. The van der Waals surface area contributed by atoms with Crippen LogP contribution in [0, 0.1) is 11.6 Å². The molecule has 3 aliphatic rings. The van der Waals surface area contributed by atoms with Crippen LogP contribution in [0.15, 0.2) is 70.2 Å². The van der Waals surface area contributed by atoms with Gasteiger partial charge in [-0.25, -0.2) is 8.78 Å². The van der Waals surface area contributed by atoms with Gasteiger partial charge in [0, 0.05) is 39.8 Å². The zero-order valence-corrected chi connectivity index (χ0v) is 22.2. The molecule has 0 fully saturated rings. The molecule has 0 saturated heterocycles. The van der Waals surface area contributed by atoms with Gasteiger partial charge in [-0.15, -0.1) is 0 Å². The number of Topliss-reactive ketones (excluding diaryl/α,β-unsaturated/α-hetero) is 2. The number of nitrogens with one attached hydrogen (secondary N) is 3. The van der Waals surface area contributed by atoms with Crippen LogP contribution in [0.4, 0.5) is 8.78 Å². The van der Waals surface area contributed by atoms with Crippen LogP contribution >= 0.6 is 15.9 Å². The minimum atomic E-state index is -1.59. The van der Waals surface area contributed by atoms with E-state index in [1.807, 2.05) is 6.07 Å². The number of allylic oxidation sites excluding steroid dienone is 1. The SMILES string of the molecule is O=C1C=C(Br)C(=O)CN1.O=C1C=C(C2=Cc3c(F)cccc3C2)C(=O)CN1.OB(O)c1cc2c(F)cccc2[nH]1. The summed E-state index contributed by atoms with van der Waals surface area (Å²) in [7, 11) is -1.59. The molecular weight excluding hydrogens is 591 g/mol. The summed E-state index contributed by atoms with van der Waals surface area (Å²) >= 11 is 2.94. The average Bonchev–Trinajstić information content (AvgIpc) is 3.55. The number of H-pyrrole nitrogens is 1. The standard InChI is InChI=1S/C14H10FNO2.C8H7BFNO2.C5H4BrNO2/c15-12-3-1-2-8-4-9(5-10(8)12)11-6-14(18)16-7-13(11)17;10-6-2-1-3-7-5(6)4-8(11-7)9(12)13;6-3-1-5(9)7-2-4(3)8/h1-3,5-6H,4,7H2,(H,16,18);1-4,11-13H;1H,2H2,(H,7,9). The van der Waals surface area contributed by atoms with Crippen LogP contribution in [0.1, 0.15) is 11.1 Å². The summed E-state index contributed by atoms with van der Waals surface area (Å²) in [6.07, 6.45) is 4.68. The van der Waals surface area contributed by atoms with Crippen molar-refractivity contribution in [1.29, 1.82) is 0 Å². The third kappa shape index (κ3) is 6.68. The second-order valence-electron chi connectivity index (χ2n) is 8.79. The van der Waals surface area contributed by atoms with E-state index in [0.29, 0.717) is 32.9 Å². The molecule has 6 rings (SSSR count). The number of carbonyl (C=O) groups excluding carboxylic acids is 4. The van der Waals surface area contributed by atoms with Crippen LogP contribution in [0.5, 0.6) is 0 Å². The molecule has 2 amide bonds. The normalized spacial score (nSPS) is 15.9. The van der Waals surface area contributed by atoms with Crippen molar-refractivity contribution in [2.75, 3.05) is 13.1 Å². The molecular formula is C27H21BBrF2N3O6. The van der Waals surface area contributed by atoms with Crippen molar-refractivity contribution in [2.45, 2.75) is 6.42 Å². The molecule has 3 aromatic rings. The molecule has 0 spiro atoms. The van der Waals surface area contributed by atoms with Gasteiger partial charge in [0.25, 0.3) is 0 Å². The summed E-state index contributed by atoms with van der Waals surface area (Å²) in [6, 6.07) is 10.8. The Hall–Kier alpha value is -4.20. The lowest BCUT2D eigenvalue weighted by molar-refractivity contribution is -0.122. The molecule has 2 aliphatic heterocycles. The van der Waals surface area contributed by atoms with E-state index in [1.165, 1.54) is 30.4 Å². The van der Waals surface area contributed by atoms with E-state index in [4.69, 9.17) is 10.0 Å². The van der Waals surface area contributed by atoms with Crippen LogP contribution in [-0.4, -0.2) is 58.6 Å². The molecule has 0 bridgehead atoms. The van der Waals surface area contributed by atoms with Gasteiger partial charge in [0.15, 0.2) is 11.6 Å². The van der Waals surface area contributed by atoms with E-state index in [0.717, 1.165) is 11.1 Å². The number of aromatic nitrogens is 1. The van der Waals surface area contributed by atoms with Gasteiger partial charge >= 0.3 is 7.12 Å². The molecule has 0 atom stereocenters. The minimum absolute atomic E-state index is 0.0147. The highest BCUT2D eigenvalue weighted by Crippen LogP contribution is 2.31. The number of amides is 2. The van der Waals surface area contributed by atoms with E-state index < -0.39 is 7.12 Å². The fraction of sp³-hybridized carbons (Fsp3) is 0.111. The lowest BCUT2D eigenvalue weighted by atomic mass is 9.86. The predicted molar refractivity (Wildman–Crippen MR) is 147 cm³/mol. The van der Waals surface area contributed by atoms with Crippen LogP contribution in [0.2, 0.25) is 0 Å². The molecule has 40 heavy (non-hydrogen) atoms. The monoisotopic (exact) mass is 611 g/mol. The maximum atomic E-state index is 13.6. The van der Waals surface area contributed by atoms with Crippen molar-refractivity contribution in [3.8, 4) is 0 Å². The maximum Gasteiger partial charge on any atom is 0.505 e. The molecule has 204 valence electrons. The third-order valence-corrected chi connectivity index (χ3v) is 6.72. The Labute approximate surface area is 234 Å². The molecule has 9 nitrogen and oxygen atoms in total. The molecule has 0 saturated carbocycles. The summed E-state index contributed by atoms with van der Waals surface area (Å²) in [6.45, 7) is 0.122. The van der Waals surface area contributed by atoms with Crippen molar-refractivity contribution in [3.05, 3.63) is 93.0 Å². The Kier molecular flexibility index (Phi) is 8.88. The van der Waals surface area contributed by atoms with Crippen molar-refractivity contribution in [3.63, 3.8) is 0 Å². The van der Waals surface area contributed by atoms with Gasteiger partial charge in [-0.2, -0.15) is 0 Å². The van der Waals surface area contributed by atoms with Crippen molar-refractivity contribution < 1.29 is 38.0 Å². The van der Waals surface area contributed by atoms with Crippen molar-refractivity contribution >= 4 is 69.0 Å². The summed E-state index contributed by atoms with van der Waals surface area (Å²) in [5.41, 5.74) is 3.24. The van der Waals surface area contributed by atoms with E-state index in [-0.39, 0.29) is 53.7 Å². The molecule has 5 N–H and O–H groups in total. The van der Waals surface area contributed by atoms with E-state index >= 15 is 0 Å². The van der Waals surface area contributed by atoms with Crippen LogP contribution in [0.25, 0.3) is 17.0 Å². The zero-order valence-electron chi connectivity index (χ0n) is 20.6. The highest BCUT2D eigenvalue weighted by atomic mass is 79.9. The number of benzene rings is 2.